The SMILES string of the molecule is CCC1OC12CCN(C(=O)OC(C)(C)C)CC2. The molecular formula is C13H23NO3. The predicted octanol–water partition coefficient (Wildman–Crippen LogP) is 2.56. The van der Waals surface area contributed by atoms with E-state index in [0.717, 1.165) is 32.4 Å². The van der Waals surface area contributed by atoms with Crippen LogP contribution in [0.4, 0.5) is 4.79 Å². The minimum absolute atomic E-state index is 0.0905. The van der Waals surface area contributed by atoms with Gasteiger partial charge in [0.1, 0.15) is 5.60 Å². The van der Waals surface area contributed by atoms with E-state index in [9.17, 15) is 4.79 Å². The molecule has 0 aromatic carbocycles. The molecule has 4 heteroatoms. The quantitative estimate of drug-likeness (QED) is 0.663. The van der Waals surface area contributed by atoms with Crippen molar-refractivity contribution in [2.24, 2.45) is 0 Å². The van der Waals surface area contributed by atoms with Gasteiger partial charge in [0, 0.05) is 13.1 Å². The van der Waals surface area contributed by atoms with Crippen LogP contribution in [0.3, 0.4) is 0 Å². The summed E-state index contributed by atoms with van der Waals surface area (Å²) in [5.41, 5.74) is -0.318. The molecule has 2 fully saturated rings. The molecule has 1 atom stereocenters. The molecule has 4 nitrogen and oxygen atoms in total. The maximum atomic E-state index is 11.9. The zero-order chi connectivity index (χ0) is 12.7. The van der Waals surface area contributed by atoms with Gasteiger partial charge in [-0.15, -0.1) is 0 Å². The highest BCUT2D eigenvalue weighted by molar-refractivity contribution is 5.68. The van der Waals surface area contributed by atoms with Crippen LogP contribution in [0.25, 0.3) is 0 Å². The average molecular weight is 241 g/mol. The van der Waals surface area contributed by atoms with Gasteiger partial charge in [-0.3, -0.25) is 0 Å². The van der Waals surface area contributed by atoms with Crippen molar-refractivity contribution < 1.29 is 14.3 Å². The Morgan fingerprint density at radius 1 is 1.41 bits per heavy atom. The van der Waals surface area contributed by atoms with Crippen LogP contribution in [-0.4, -0.2) is 41.4 Å². The summed E-state index contributed by atoms with van der Waals surface area (Å²) in [4.78, 5) is 13.7. The van der Waals surface area contributed by atoms with Gasteiger partial charge in [0.15, 0.2) is 0 Å². The molecule has 1 amide bonds. The summed E-state index contributed by atoms with van der Waals surface area (Å²) in [6.07, 6.45) is 3.20. The average Bonchev–Trinajstić information content (AvgIpc) is 2.90. The summed E-state index contributed by atoms with van der Waals surface area (Å²) in [6, 6.07) is 0. The second kappa shape index (κ2) is 4.16. The Morgan fingerprint density at radius 3 is 2.41 bits per heavy atom. The van der Waals surface area contributed by atoms with Crippen molar-refractivity contribution >= 4 is 6.09 Å². The van der Waals surface area contributed by atoms with Gasteiger partial charge in [-0.1, -0.05) is 6.92 Å². The first-order chi connectivity index (χ1) is 7.86. The minimum Gasteiger partial charge on any atom is -0.444 e. The monoisotopic (exact) mass is 241 g/mol. The second-order valence-electron chi connectivity index (χ2n) is 6.05. The van der Waals surface area contributed by atoms with Gasteiger partial charge in [-0.2, -0.15) is 0 Å². The molecule has 2 saturated heterocycles. The third kappa shape index (κ3) is 2.73. The molecule has 0 saturated carbocycles. The minimum atomic E-state index is -0.408. The topological polar surface area (TPSA) is 42.1 Å². The van der Waals surface area contributed by atoms with E-state index in [-0.39, 0.29) is 11.7 Å². The van der Waals surface area contributed by atoms with E-state index in [2.05, 4.69) is 6.92 Å². The van der Waals surface area contributed by atoms with Gasteiger partial charge in [0.2, 0.25) is 0 Å². The van der Waals surface area contributed by atoms with Crippen molar-refractivity contribution in [1.82, 2.24) is 4.90 Å². The summed E-state index contributed by atoms with van der Waals surface area (Å²) >= 11 is 0. The number of hydrogen-bond acceptors (Lipinski definition) is 3. The van der Waals surface area contributed by atoms with Crippen molar-refractivity contribution in [2.45, 2.75) is 64.3 Å². The van der Waals surface area contributed by atoms with Gasteiger partial charge in [0.05, 0.1) is 11.7 Å². The van der Waals surface area contributed by atoms with Crippen molar-refractivity contribution in [3.8, 4) is 0 Å². The number of epoxide rings is 1. The highest BCUT2D eigenvalue weighted by atomic mass is 16.6. The molecule has 2 rings (SSSR count). The molecule has 2 heterocycles. The van der Waals surface area contributed by atoms with Crippen molar-refractivity contribution in [3.63, 3.8) is 0 Å². The van der Waals surface area contributed by atoms with Crippen LogP contribution in [0.1, 0.15) is 47.0 Å². The summed E-state index contributed by atoms with van der Waals surface area (Å²) in [5.74, 6) is 0. The van der Waals surface area contributed by atoms with Gasteiger partial charge in [-0.25, -0.2) is 4.79 Å². The Labute approximate surface area is 103 Å². The molecule has 0 aromatic rings. The van der Waals surface area contributed by atoms with Gasteiger partial charge in [0.25, 0.3) is 0 Å². The highest BCUT2D eigenvalue weighted by Crippen LogP contribution is 2.46. The lowest BCUT2D eigenvalue weighted by Crippen LogP contribution is -2.44. The number of likely N-dealkylation sites (tertiary alicyclic amines) is 1. The summed E-state index contributed by atoms with van der Waals surface area (Å²) in [5, 5.41) is 0. The van der Waals surface area contributed by atoms with E-state index in [1.807, 2.05) is 20.8 Å². The first kappa shape index (κ1) is 12.7. The molecule has 17 heavy (non-hydrogen) atoms. The molecule has 0 bridgehead atoms. The molecule has 1 spiro atoms. The van der Waals surface area contributed by atoms with E-state index < -0.39 is 5.60 Å². The van der Waals surface area contributed by atoms with Crippen molar-refractivity contribution in [1.29, 1.82) is 0 Å². The van der Waals surface area contributed by atoms with Crippen LogP contribution in [0.15, 0.2) is 0 Å². The molecule has 1 unspecified atom stereocenters. The number of carbonyl (C=O) groups excluding carboxylic acids is 1. The third-order valence-electron chi connectivity index (χ3n) is 3.54. The Hall–Kier alpha value is -0.770. The van der Waals surface area contributed by atoms with E-state index in [0.29, 0.717) is 6.10 Å². The molecular weight excluding hydrogens is 218 g/mol. The molecule has 0 radical (unpaired) electrons. The molecule has 0 N–H and O–H groups in total. The second-order valence-corrected chi connectivity index (χ2v) is 6.05. The van der Waals surface area contributed by atoms with Crippen molar-refractivity contribution in [2.75, 3.05) is 13.1 Å². The summed E-state index contributed by atoms with van der Waals surface area (Å²) in [7, 11) is 0. The molecule has 0 aromatic heterocycles. The molecule has 98 valence electrons. The fourth-order valence-electron chi connectivity index (χ4n) is 2.54. The van der Waals surface area contributed by atoms with Crippen LogP contribution in [0, 0.1) is 0 Å². The lowest BCUT2D eigenvalue weighted by Gasteiger charge is -2.32. The smallest absolute Gasteiger partial charge is 0.410 e. The largest absolute Gasteiger partial charge is 0.444 e. The summed E-state index contributed by atoms with van der Waals surface area (Å²) in [6.45, 7) is 9.35. The van der Waals surface area contributed by atoms with E-state index in [1.165, 1.54) is 0 Å². The predicted molar refractivity (Wildman–Crippen MR) is 64.9 cm³/mol. The zero-order valence-electron chi connectivity index (χ0n) is 11.3. The third-order valence-corrected chi connectivity index (χ3v) is 3.54. The van der Waals surface area contributed by atoms with E-state index in [4.69, 9.17) is 9.47 Å². The van der Waals surface area contributed by atoms with E-state index >= 15 is 0 Å². The van der Waals surface area contributed by atoms with Crippen LogP contribution >= 0.6 is 0 Å². The molecule has 0 aliphatic carbocycles. The number of hydrogen-bond donors (Lipinski definition) is 0. The Kier molecular flexibility index (Phi) is 3.10. The van der Waals surface area contributed by atoms with Crippen LogP contribution in [-0.2, 0) is 9.47 Å². The lowest BCUT2D eigenvalue weighted by molar-refractivity contribution is 0.0165. The summed E-state index contributed by atoms with van der Waals surface area (Å²) < 4.78 is 11.1. The normalized spacial score (nSPS) is 27.1. The number of amides is 1. The number of ether oxygens (including phenoxy) is 2. The number of piperidine rings is 1. The van der Waals surface area contributed by atoms with E-state index in [1.54, 1.807) is 4.90 Å². The zero-order valence-corrected chi connectivity index (χ0v) is 11.3. The van der Waals surface area contributed by atoms with Gasteiger partial charge in [-0.05, 0) is 40.0 Å². The highest BCUT2D eigenvalue weighted by Gasteiger charge is 2.56. The maximum Gasteiger partial charge on any atom is 0.410 e. The van der Waals surface area contributed by atoms with Crippen LogP contribution in [0.2, 0.25) is 0 Å². The Bertz CT molecular complexity index is 300. The first-order valence-corrected chi connectivity index (χ1v) is 6.52. The van der Waals surface area contributed by atoms with Crippen LogP contribution < -0.4 is 0 Å². The van der Waals surface area contributed by atoms with Gasteiger partial charge >= 0.3 is 6.09 Å². The number of rotatable bonds is 1. The lowest BCUT2D eigenvalue weighted by atomic mass is 9.92. The molecule has 2 aliphatic rings. The first-order valence-electron chi connectivity index (χ1n) is 6.52. The number of carbonyl (C=O) groups is 1. The van der Waals surface area contributed by atoms with Gasteiger partial charge < -0.3 is 14.4 Å². The standard InChI is InChI=1S/C13H23NO3/c1-5-10-13(16-10)6-8-14(9-7-13)11(15)17-12(2,3)4/h10H,5-9H2,1-4H3. The maximum absolute atomic E-state index is 11.9. The fourth-order valence-corrected chi connectivity index (χ4v) is 2.54. The van der Waals surface area contributed by atoms with Crippen LogP contribution in [0.5, 0.6) is 0 Å². The van der Waals surface area contributed by atoms with Crippen molar-refractivity contribution in [3.05, 3.63) is 0 Å². The number of nitrogens with zero attached hydrogens (tertiary/aromatic N) is 1. The Balaban J connectivity index is 1.82. The fraction of sp³-hybridized carbons (Fsp3) is 0.923. The Morgan fingerprint density at radius 2 is 2.00 bits per heavy atom. The molecule has 2 aliphatic heterocycles.